The standard InChI is InChI=1S/C21H16N2O2S2/c24-27(25,18-14-8-3-9-15-18)23-21-22-19(16-10-4-1-5-11-16)20(26-21)17-12-6-2-7-13-17/h1-15H,(H,22,23). The van der Waals surface area contributed by atoms with Gasteiger partial charge in [-0.05, 0) is 17.7 Å². The Labute approximate surface area is 162 Å². The van der Waals surface area contributed by atoms with Crippen LogP contribution >= 0.6 is 11.3 Å². The van der Waals surface area contributed by atoms with Crippen LogP contribution in [0.4, 0.5) is 5.13 Å². The van der Waals surface area contributed by atoms with E-state index in [0.717, 1.165) is 21.7 Å². The van der Waals surface area contributed by atoms with Crippen molar-refractivity contribution in [2.45, 2.75) is 4.90 Å². The second kappa shape index (κ2) is 7.34. The average molecular weight is 393 g/mol. The Bertz CT molecular complexity index is 1080. The summed E-state index contributed by atoms with van der Waals surface area (Å²) in [7, 11) is -3.68. The van der Waals surface area contributed by atoms with Crippen molar-refractivity contribution in [3.8, 4) is 21.7 Å². The molecule has 4 aromatic rings. The number of sulfonamides is 1. The molecule has 27 heavy (non-hydrogen) atoms. The van der Waals surface area contributed by atoms with Crippen LogP contribution in [0.3, 0.4) is 0 Å². The molecule has 4 nitrogen and oxygen atoms in total. The molecule has 0 saturated carbocycles. The quantitative estimate of drug-likeness (QED) is 0.503. The zero-order chi connectivity index (χ0) is 18.7. The van der Waals surface area contributed by atoms with Crippen LogP contribution in [0.2, 0.25) is 0 Å². The van der Waals surface area contributed by atoms with Gasteiger partial charge in [-0.2, -0.15) is 0 Å². The molecule has 0 atom stereocenters. The van der Waals surface area contributed by atoms with E-state index in [1.54, 1.807) is 30.3 Å². The van der Waals surface area contributed by atoms with E-state index >= 15 is 0 Å². The molecule has 134 valence electrons. The largest absolute Gasteiger partial charge is 0.263 e. The fraction of sp³-hybridized carbons (Fsp3) is 0. The maximum atomic E-state index is 12.7. The van der Waals surface area contributed by atoms with Crippen LogP contribution in [0.15, 0.2) is 95.9 Å². The fourth-order valence-electron chi connectivity index (χ4n) is 2.71. The molecule has 0 saturated heterocycles. The first-order chi connectivity index (χ1) is 13.1. The number of rotatable bonds is 5. The fourth-order valence-corrected chi connectivity index (χ4v) is 4.96. The van der Waals surface area contributed by atoms with Gasteiger partial charge in [-0.3, -0.25) is 4.72 Å². The minimum Gasteiger partial charge on any atom is -0.255 e. The molecular weight excluding hydrogens is 376 g/mol. The Morgan fingerprint density at radius 2 is 1.22 bits per heavy atom. The molecule has 0 aliphatic rings. The van der Waals surface area contributed by atoms with E-state index in [4.69, 9.17) is 0 Å². The van der Waals surface area contributed by atoms with E-state index in [-0.39, 0.29) is 4.90 Å². The second-order valence-electron chi connectivity index (χ2n) is 5.85. The van der Waals surface area contributed by atoms with Crippen molar-refractivity contribution in [3.05, 3.63) is 91.0 Å². The number of hydrogen-bond acceptors (Lipinski definition) is 4. The van der Waals surface area contributed by atoms with Crippen LogP contribution in [-0.2, 0) is 10.0 Å². The van der Waals surface area contributed by atoms with Gasteiger partial charge in [-0.1, -0.05) is 90.2 Å². The summed E-state index contributed by atoms with van der Waals surface area (Å²) < 4.78 is 27.9. The first-order valence-corrected chi connectivity index (χ1v) is 10.6. The van der Waals surface area contributed by atoms with Gasteiger partial charge in [-0.15, -0.1) is 0 Å². The summed E-state index contributed by atoms with van der Waals surface area (Å²) in [6.45, 7) is 0. The minimum atomic E-state index is -3.68. The highest BCUT2D eigenvalue weighted by Gasteiger charge is 2.20. The van der Waals surface area contributed by atoms with Crippen molar-refractivity contribution in [2.75, 3.05) is 4.72 Å². The summed E-state index contributed by atoms with van der Waals surface area (Å²) in [6, 6.07) is 27.9. The van der Waals surface area contributed by atoms with Crippen LogP contribution in [0.5, 0.6) is 0 Å². The highest BCUT2D eigenvalue weighted by atomic mass is 32.2. The Hall–Kier alpha value is -2.96. The molecule has 0 spiro atoms. The van der Waals surface area contributed by atoms with Gasteiger partial charge in [0.2, 0.25) is 0 Å². The van der Waals surface area contributed by atoms with Gasteiger partial charge in [-0.25, -0.2) is 13.4 Å². The Balaban J connectivity index is 1.78. The van der Waals surface area contributed by atoms with Gasteiger partial charge in [0, 0.05) is 5.56 Å². The number of aromatic nitrogens is 1. The molecule has 1 N–H and O–H groups in total. The Morgan fingerprint density at radius 3 is 1.81 bits per heavy atom. The van der Waals surface area contributed by atoms with Crippen molar-refractivity contribution < 1.29 is 8.42 Å². The molecule has 1 heterocycles. The van der Waals surface area contributed by atoms with Crippen LogP contribution in [0, 0.1) is 0 Å². The van der Waals surface area contributed by atoms with E-state index in [9.17, 15) is 8.42 Å². The zero-order valence-electron chi connectivity index (χ0n) is 14.2. The molecule has 0 bridgehead atoms. The lowest BCUT2D eigenvalue weighted by atomic mass is 10.1. The maximum absolute atomic E-state index is 12.7. The number of nitrogens with one attached hydrogen (secondary N) is 1. The maximum Gasteiger partial charge on any atom is 0.263 e. The molecule has 6 heteroatoms. The van der Waals surface area contributed by atoms with Crippen LogP contribution in [0.1, 0.15) is 0 Å². The Morgan fingerprint density at radius 1 is 0.704 bits per heavy atom. The number of hydrogen-bond donors (Lipinski definition) is 1. The summed E-state index contributed by atoms with van der Waals surface area (Å²) in [6.07, 6.45) is 0. The van der Waals surface area contributed by atoms with Crippen LogP contribution in [0.25, 0.3) is 21.7 Å². The van der Waals surface area contributed by atoms with Crippen LogP contribution in [-0.4, -0.2) is 13.4 Å². The van der Waals surface area contributed by atoms with E-state index in [0.29, 0.717) is 5.13 Å². The number of anilines is 1. The summed E-state index contributed by atoms with van der Waals surface area (Å²) in [5.74, 6) is 0. The number of thiazole rings is 1. The van der Waals surface area contributed by atoms with Gasteiger partial charge in [0.1, 0.15) is 0 Å². The van der Waals surface area contributed by atoms with E-state index in [1.165, 1.54) is 11.3 Å². The molecule has 0 amide bonds. The normalized spacial score (nSPS) is 11.3. The van der Waals surface area contributed by atoms with Gasteiger partial charge in [0.25, 0.3) is 10.0 Å². The van der Waals surface area contributed by atoms with Crippen molar-refractivity contribution in [1.29, 1.82) is 0 Å². The topological polar surface area (TPSA) is 59.1 Å². The lowest BCUT2D eigenvalue weighted by Crippen LogP contribution is -2.12. The molecule has 0 radical (unpaired) electrons. The SMILES string of the molecule is O=S(=O)(Nc1nc(-c2ccccc2)c(-c2ccccc2)s1)c1ccccc1. The molecule has 3 aromatic carbocycles. The molecular formula is C21H16N2O2S2. The van der Waals surface area contributed by atoms with Crippen molar-refractivity contribution in [1.82, 2.24) is 4.98 Å². The smallest absolute Gasteiger partial charge is 0.255 e. The molecule has 1 aromatic heterocycles. The number of nitrogens with zero attached hydrogens (tertiary/aromatic N) is 1. The predicted molar refractivity (Wildman–Crippen MR) is 110 cm³/mol. The van der Waals surface area contributed by atoms with Crippen molar-refractivity contribution in [3.63, 3.8) is 0 Å². The van der Waals surface area contributed by atoms with Gasteiger partial charge in [0.05, 0.1) is 15.5 Å². The van der Waals surface area contributed by atoms with Gasteiger partial charge in [0.15, 0.2) is 5.13 Å². The summed E-state index contributed by atoms with van der Waals surface area (Å²) in [5, 5.41) is 0.344. The summed E-state index contributed by atoms with van der Waals surface area (Å²) >= 11 is 1.33. The predicted octanol–water partition coefficient (Wildman–Crippen LogP) is 5.28. The lowest BCUT2D eigenvalue weighted by Gasteiger charge is -2.04. The highest BCUT2D eigenvalue weighted by Crippen LogP contribution is 2.39. The second-order valence-corrected chi connectivity index (χ2v) is 8.53. The zero-order valence-corrected chi connectivity index (χ0v) is 15.9. The summed E-state index contributed by atoms with van der Waals surface area (Å²) in [4.78, 5) is 5.73. The molecule has 0 aliphatic carbocycles. The minimum absolute atomic E-state index is 0.211. The lowest BCUT2D eigenvalue weighted by molar-refractivity contribution is 0.601. The third kappa shape index (κ3) is 3.77. The monoisotopic (exact) mass is 392 g/mol. The van der Waals surface area contributed by atoms with E-state index in [1.807, 2.05) is 60.7 Å². The molecule has 0 aliphatic heterocycles. The first kappa shape index (κ1) is 17.5. The summed E-state index contributed by atoms with van der Waals surface area (Å²) in [5.41, 5.74) is 2.70. The van der Waals surface area contributed by atoms with Crippen molar-refractivity contribution >= 4 is 26.5 Å². The van der Waals surface area contributed by atoms with Gasteiger partial charge >= 0.3 is 0 Å². The third-order valence-corrected chi connectivity index (χ3v) is 6.49. The van der Waals surface area contributed by atoms with Crippen molar-refractivity contribution in [2.24, 2.45) is 0 Å². The Kier molecular flexibility index (Phi) is 4.75. The van der Waals surface area contributed by atoms with Crippen LogP contribution < -0.4 is 4.72 Å². The average Bonchev–Trinajstić information content (AvgIpc) is 3.13. The third-order valence-electron chi connectivity index (χ3n) is 3.99. The van der Waals surface area contributed by atoms with E-state index < -0.39 is 10.0 Å². The van der Waals surface area contributed by atoms with E-state index in [2.05, 4.69) is 9.71 Å². The number of benzene rings is 3. The first-order valence-electron chi connectivity index (χ1n) is 8.33. The molecule has 0 fully saturated rings. The highest BCUT2D eigenvalue weighted by molar-refractivity contribution is 7.93. The molecule has 0 unspecified atom stereocenters. The van der Waals surface area contributed by atoms with Gasteiger partial charge < -0.3 is 0 Å². The molecule has 4 rings (SSSR count).